The van der Waals surface area contributed by atoms with Crippen molar-refractivity contribution in [3.63, 3.8) is 0 Å². The highest BCUT2D eigenvalue weighted by molar-refractivity contribution is 5.74. The van der Waals surface area contributed by atoms with Crippen molar-refractivity contribution in [3.05, 3.63) is 35.4 Å². The first-order valence-corrected chi connectivity index (χ1v) is 8.79. The summed E-state index contributed by atoms with van der Waals surface area (Å²) in [7, 11) is 0. The van der Waals surface area contributed by atoms with E-state index in [1.165, 1.54) is 38.1 Å². The van der Waals surface area contributed by atoms with Gasteiger partial charge in [0.25, 0.3) is 0 Å². The second kappa shape index (κ2) is 7.47. The van der Waals surface area contributed by atoms with Crippen molar-refractivity contribution >= 4 is 6.03 Å². The number of halogens is 2. The molecule has 1 aromatic carbocycles. The fourth-order valence-corrected chi connectivity index (χ4v) is 3.75. The molecule has 0 saturated carbocycles. The maximum absolute atomic E-state index is 13.8. The first kappa shape index (κ1) is 17.1. The minimum Gasteiger partial charge on any atom is -0.331 e. The number of likely N-dealkylation sites (tertiary alicyclic amines) is 2. The lowest BCUT2D eigenvalue weighted by Crippen LogP contribution is -2.49. The molecule has 1 unspecified atom stereocenters. The maximum atomic E-state index is 13.8. The summed E-state index contributed by atoms with van der Waals surface area (Å²) in [5.41, 5.74) is 0.303. The standard InChI is InChI=1S/C18H25F2N3O/c1-13(16-5-4-14(19)12-17(16)20)21-18(24)23-10-6-15(7-11-23)22-8-2-3-9-22/h4-5,12-13,15H,2-3,6-11H2,1H3,(H,21,24). The van der Waals surface area contributed by atoms with E-state index in [9.17, 15) is 13.6 Å². The molecule has 2 saturated heterocycles. The van der Waals surface area contributed by atoms with Crippen LogP contribution in [0, 0.1) is 11.6 Å². The number of hydrogen-bond acceptors (Lipinski definition) is 2. The van der Waals surface area contributed by atoms with E-state index in [0.29, 0.717) is 11.6 Å². The lowest BCUT2D eigenvalue weighted by atomic mass is 10.0. The van der Waals surface area contributed by atoms with Gasteiger partial charge < -0.3 is 15.1 Å². The van der Waals surface area contributed by atoms with Crippen LogP contribution in [0.25, 0.3) is 0 Å². The Hall–Kier alpha value is -1.69. The Morgan fingerprint density at radius 2 is 1.83 bits per heavy atom. The van der Waals surface area contributed by atoms with Crippen LogP contribution in [0.3, 0.4) is 0 Å². The van der Waals surface area contributed by atoms with Gasteiger partial charge in [-0.15, -0.1) is 0 Å². The topological polar surface area (TPSA) is 35.6 Å². The number of amides is 2. The lowest BCUT2D eigenvalue weighted by Gasteiger charge is -2.37. The van der Waals surface area contributed by atoms with Crippen LogP contribution in [-0.4, -0.2) is 48.1 Å². The third kappa shape index (κ3) is 3.86. The largest absolute Gasteiger partial charge is 0.331 e. The Labute approximate surface area is 141 Å². The van der Waals surface area contributed by atoms with Crippen molar-refractivity contribution in [2.75, 3.05) is 26.2 Å². The fourth-order valence-electron chi connectivity index (χ4n) is 3.75. The van der Waals surface area contributed by atoms with Crippen LogP contribution in [0.1, 0.15) is 44.2 Å². The van der Waals surface area contributed by atoms with Crippen molar-refractivity contribution in [3.8, 4) is 0 Å². The van der Waals surface area contributed by atoms with E-state index in [0.717, 1.165) is 32.0 Å². The van der Waals surface area contributed by atoms with E-state index in [4.69, 9.17) is 0 Å². The molecular formula is C18H25F2N3O. The Morgan fingerprint density at radius 1 is 1.17 bits per heavy atom. The van der Waals surface area contributed by atoms with Gasteiger partial charge in [-0.3, -0.25) is 0 Å². The van der Waals surface area contributed by atoms with Gasteiger partial charge in [-0.25, -0.2) is 13.6 Å². The minimum atomic E-state index is -0.629. The molecule has 1 N–H and O–H groups in total. The number of urea groups is 1. The molecule has 0 spiro atoms. The van der Waals surface area contributed by atoms with E-state index in [1.54, 1.807) is 11.8 Å². The van der Waals surface area contributed by atoms with Crippen LogP contribution < -0.4 is 5.32 Å². The summed E-state index contributed by atoms with van der Waals surface area (Å²) in [6.07, 6.45) is 4.54. The first-order valence-electron chi connectivity index (χ1n) is 8.79. The number of piperidine rings is 1. The molecule has 24 heavy (non-hydrogen) atoms. The molecule has 2 amide bonds. The van der Waals surface area contributed by atoms with Gasteiger partial charge in [0.15, 0.2) is 0 Å². The third-order valence-electron chi connectivity index (χ3n) is 5.18. The molecule has 6 heteroatoms. The maximum Gasteiger partial charge on any atom is 0.317 e. The van der Waals surface area contributed by atoms with E-state index in [2.05, 4.69) is 10.2 Å². The molecule has 0 aliphatic carbocycles. The van der Waals surface area contributed by atoms with E-state index in [-0.39, 0.29) is 6.03 Å². The Bertz CT molecular complexity index is 582. The van der Waals surface area contributed by atoms with Gasteiger partial charge in [0, 0.05) is 30.8 Å². The predicted octanol–water partition coefficient (Wildman–Crippen LogP) is 3.30. The summed E-state index contributed by atoms with van der Waals surface area (Å²) in [5, 5.41) is 2.82. The highest BCUT2D eigenvalue weighted by Gasteiger charge is 2.28. The van der Waals surface area contributed by atoms with Gasteiger partial charge >= 0.3 is 6.03 Å². The van der Waals surface area contributed by atoms with E-state index in [1.807, 2.05) is 0 Å². The monoisotopic (exact) mass is 337 g/mol. The van der Waals surface area contributed by atoms with Crippen molar-refractivity contribution in [2.45, 2.75) is 44.7 Å². The molecular weight excluding hydrogens is 312 g/mol. The molecule has 0 radical (unpaired) electrons. The molecule has 1 aromatic rings. The highest BCUT2D eigenvalue weighted by Crippen LogP contribution is 2.22. The van der Waals surface area contributed by atoms with Crippen LogP contribution in [-0.2, 0) is 0 Å². The van der Waals surface area contributed by atoms with Gasteiger partial charge in [0.2, 0.25) is 0 Å². The van der Waals surface area contributed by atoms with Gasteiger partial charge in [0.05, 0.1) is 6.04 Å². The van der Waals surface area contributed by atoms with E-state index < -0.39 is 17.7 Å². The molecule has 2 fully saturated rings. The average Bonchev–Trinajstić information content (AvgIpc) is 3.09. The summed E-state index contributed by atoms with van der Waals surface area (Å²) in [6.45, 7) is 5.53. The van der Waals surface area contributed by atoms with Gasteiger partial charge in [0.1, 0.15) is 11.6 Å². The number of nitrogens with one attached hydrogen (secondary N) is 1. The SMILES string of the molecule is CC(NC(=O)N1CCC(N2CCCC2)CC1)c1ccc(F)cc1F. The smallest absolute Gasteiger partial charge is 0.317 e. The van der Waals surface area contributed by atoms with Crippen LogP contribution >= 0.6 is 0 Å². The normalized spacial score (nSPS) is 21.0. The third-order valence-corrected chi connectivity index (χ3v) is 5.18. The summed E-state index contributed by atoms with van der Waals surface area (Å²) in [4.78, 5) is 16.7. The summed E-state index contributed by atoms with van der Waals surface area (Å²) < 4.78 is 26.8. The van der Waals surface area contributed by atoms with Gasteiger partial charge in [-0.05, 0) is 51.8 Å². The van der Waals surface area contributed by atoms with Crippen molar-refractivity contribution in [1.82, 2.24) is 15.1 Å². The fraction of sp³-hybridized carbons (Fsp3) is 0.611. The zero-order valence-electron chi connectivity index (χ0n) is 14.1. The molecule has 2 heterocycles. The van der Waals surface area contributed by atoms with Gasteiger partial charge in [-0.1, -0.05) is 6.07 Å². The number of carbonyl (C=O) groups excluding carboxylic acids is 1. The van der Waals surface area contributed by atoms with Crippen LogP contribution in [0.2, 0.25) is 0 Å². The number of benzene rings is 1. The summed E-state index contributed by atoms with van der Waals surface area (Å²) in [6, 6.07) is 3.36. The highest BCUT2D eigenvalue weighted by atomic mass is 19.1. The molecule has 2 aliphatic rings. The second-order valence-electron chi connectivity index (χ2n) is 6.80. The minimum absolute atomic E-state index is 0.175. The Balaban J connectivity index is 1.51. The molecule has 1 atom stereocenters. The van der Waals surface area contributed by atoms with Crippen LogP contribution in [0.15, 0.2) is 18.2 Å². The van der Waals surface area contributed by atoms with Crippen molar-refractivity contribution < 1.29 is 13.6 Å². The number of carbonyl (C=O) groups is 1. The molecule has 0 bridgehead atoms. The molecule has 0 aromatic heterocycles. The van der Waals surface area contributed by atoms with Crippen molar-refractivity contribution in [2.24, 2.45) is 0 Å². The summed E-state index contributed by atoms with van der Waals surface area (Å²) in [5.74, 6) is -1.24. The molecule has 2 aliphatic heterocycles. The predicted molar refractivity (Wildman–Crippen MR) is 88.7 cm³/mol. The van der Waals surface area contributed by atoms with Gasteiger partial charge in [-0.2, -0.15) is 0 Å². The molecule has 4 nitrogen and oxygen atoms in total. The van der Waals surface area contributed by atoms with Crippen LogP contribution in [0.5, 0.6) is 0 Å². The molecule has 3 rings (SSSR count). The summed E-state index contributed by atoms with van der Waals surface area (Å²) >= 11 is 0. The zero-order chi connectivity index (χ0) is 17.1. The van der Waals surface area contributed by atoms with Crippen molar-refractivity contribution in [1.29, 1.82) is 0 Å². The lowest BCUT2D eigenvalue weighted by molar-refractivity contribution is 0.132. The number of hydrogen-bond donors (Lipinski definition) is 1. The second-order valence-corrected chi connectivity index (χ2v) is 6.80. The quantitative estimate of drug-likeness (QED) is 0.919. The Kier molecular flexibility index (Phi) is 5.33. The first-order chi connectivity index (χ1) is 11.5. The number of nitrogens with zero attached hydrogens (tertiary/aromatic N) is 2. The van der Waals surface area contributed by atoms with Crippen LogP contribution in [0.4, 0.5) is 13.6 Å². The molecule has 132 valence electrons. The zero-order valence-corrected chi connectivity index (χ0v) is 14.1. The Morgan fingerprint density at radius 3 is 2.46 bits per heavy atom. The average molecular weight is 337 g/mol. The number of rotatable bonds is 3. The van der Waals surface area contributed by atoms with E-state index >= 15 is 0 Å².